The molecule has 5 heteroatoms. The Morgan fingerprint density at radius 1 is 1.29 bits per heavy atom. The zero-order valence-corrected chi connectivity index (χ0v) is 14.3. The van der Waals surface area contributed by atoms with Crippen molar-refractivity contribution in [2.45, 2.75) is 32.1 Å². The van der Waals surface area contributed by atoms with Gasteiger partial charge < -0.3 is 15.0 Å². The van der Waals surface area contributed by atoms with E-state index in [2.05, 4.69) is 11.4 Å². The van der Waals surface area contributed by atoms with Crippen molar-refractivity contribution in [1.29, 1.82) is 0 Å². The molecule has 24 heavy (non-hydrogen) atoms. The number of rotatable bonds is 4. The van der Waals surface area contributed by atoms with Gasteiger partial charge in [-0.25, -0.2) is 0 Å². The smallest absolute Gasteiger partial charge is 0.251 e. The highest BCUT2D eigenvalue weighted by atomic mass is 16.5. The first-order chi connectivity index (χ1) is 11.6. The minimum Gasteiger partial charge on any atom is -0.497 e. The SMILES string of the molecule is COc1ccc(C(=O)NCC23CCCC=C2N(C)C(=O)CC3)cc1. The van der Waals surface area contributed by atoms with Crippen LogP contribution in [0.4, 0.5) is 0 Å². The van der Waals surface area contributed by atoms with Crippen LogP contribution in [0.15, 0.2) is 36.0 Å². The van der Waals surface area contributed by atoms with Crippen LogP contribution >= 0.6 is 0 Å². The fourth-order valence-electron chi connectivity index (χ4n) is 3.78. The monoisotopic (exact) mass is 328 g/mol. The molecule has 2 amide bonds. The van der Waals surface area contributed by atoms with Crippen LogP contribution in [0.25, 0.3) is 0 Å². The lowest BCUT2D eigenvalue weighted by molar-refractivity contribution is -0.132. The number of nitrogens with one attached hydrogen (secondary N) is 1. The molecule has 1 aromatic carbocycles. The van der Waals surface area contributed by atoms with Crippen molar-refractivity contribution in [3.05, 3.63) is 41.6 Å². The highest BCUT2D eigenvalue weighted by Gasteiger charge is 2.43. The molecule has 1 fully saturated rings. The van der Waals surface area contributed by atoms with E-state index in [0.29, 0.717) is 18.5 Å². The number of likely N-dealkylation sites (tertiary alicyclic amines) is 1. The molecule has 0 radical (unpaired) electrons. The number of allylic oxidation sites excluding steroid dienone is 1. The molecule has 0 saturated carbocycles. The Morgan fingerprint density at radius 3 is 2.75 bits per heavy atom. The lowest BCUT2D eigenvalue weighted by Gasteiger charge is -2.46. The van der Waals surface area contributed by atoms with Crippen LogP contribution < -0.4 is 10.1 Å². The molecule has 1 heterocycles. The maximum Gasteiger partial charge on any atom is 0.251 e. The maximum absolute atomic E-state index is 12.5. The number of carbonyl (C=O) groups is 2. The van der Waals surface area contributed by atoms with Gasteiger partial charge in [0.05, 0.1) is 7.11 Å². The molecule has 0 bridgehead atoms. The summed E-state index contributed by atoms with van der Waals surface area (Å²) in [6, 6.07) is 7.10. The zero-order valence-electron chi connectivity index (χ0n) is 14.3. The quantitative estimate of drug-likeness (QED) is 0.924. The van der Waals surface area contributed by atoms with Gasteiger partial charge in [0.1, 0.15) is 5.75 Å². The average molecular weight is 328 g/mol. The first kappa shape index (κ1) is 16.6. The Labute approximate surface area is 142 Å². The highest BCUT2D eigenvalue weighted by Crippen LogP contribution is 2.45. The number of methoxy groups -OCH3 is 1. The third kappa shape index (κ3) is 3.03. The summed E-state index contributed by atoms with van der Waals surface area (Å²) in [5, 5.41) is 3.07. The van der Waals surface area contributed by atoms with Crippen LogP contribution in [0.2, 0.25) is 0 Å². The van der Waals surface area contributed by atoms with Gasteiger partial charge in [0, 0.05) is 36.7 Å². The van der Waals surface area contributed by atoms with E-state index in [1.54, 1.807) is 36.3 Å². The molecule has 128 valence electrons. The number of nitrogens with zero attached hydrogens (tertiary/aromatic N) is 1. The first-order valence-electron chi connectivity index (χ1n) is 8.45. The summed E-state index contributed by atoms with van der Waals surface area (Å²) in [6.45, 7) is 0.571. The van der Waals surface area contributed by atoms with E-state index < -0.39 is 0 Å². The van der Waals surface area contributed by atoms with Crippen molar-refractivity contribution in [1.82, 2.24) is 10.2 Å². The molecule has 1 aromatic rings. The van der Waals surface area contributed by atoms with E-state index in [1.165, 1.54) is 0 Å². The van der Waals surface area contributed by atoms with Crippen molar-refractivity contribution in [3.8, 4) is 5.75 Å². The largest absolute Gasteiger partial charge is 0.497 e. The van der Waals surface area contributed by atoms with Crippen LogP contribution in [-0.2, 0) is 4.79 Å². The molecule has 3 rings (SSSR count). The van der Waals surface area contributed by atoms with Crippen molar-refractivity contribution in [2.75, 3.05) is 20.7 Å². The summed E-state index contributed by atoms with van der Waals surface area (Å²) in [6.07, 6.45) is 6.64. The number of piperidine rings is 1. The zero-order chi connectivity index (χ0) is 17.2. The van der Waals surface area contributed by atoms with Gasteiger partial charge in [-0.1, -0.05) is 6.08 Å². The van der Waals surface area contributed by atoms with Gasteiger partial charge in [0.2, 0.25) is 5.91 Å². The lowest BCUT2D eigenvalue weighted by atomic mass is 9.70. The first-order valence-corrected chi connectivity index (χ1v) is 8.45. The molecular weight excluding hydrogens is 304 g/mol. The molecule has 1 N–H and O–H groups in total. The Bertz CT molecular complexity index is 666. The average Bonchev–Trinajstić information content (AvgIpc) is 2.63. The Kier molecular flexibility index (Phi) is 4.60. The summed E-state index contributed by atoms with van der Waals surface area (Å²) >= 11 is 0. The summed E-state index contributed by atoms with van der Waals surface area (Å²) in [5.74, 6) is 0.812. The van der Waals surface area contributed by atoms with Crippen LogP contribution in [0.3, 0.4) is 0 Å². The second kappa shape index (κ2) is 6.67. The summed E-state index contributed by atoms with van der Waals surface area (Å²) in [7, 11) is 3.45. The van der Waals surface area contributed by atoms with E-state index >= 15 is 0 Å². The molecule has 0 aromatic heterocycles. The molecule has 1 aliphatic heterocycles. The van der Waals surface area contributed by atoms with E-state index in [9.17, 15) is 9.59 Å². The van der Waals surface area contributed by atoms with Crippen molar-refractivity contribution < 1.29 is 14.3 Å². The number of amides is 2. The summed E-state index contributed by atoms with van der Waals surface area (Å²) in [4.78, 5) is 26.2. The highest BCUT2D eigenvalue weighted by molar-refractivity contribution is 5.94. The normalized spacial score (nSPS) is 23.3. The fourth-order valence-corrected chi connectivity index (χ4v) is 3.78. The molecule has 1 unspecified atom stereocenters. The van der Waals surface area contributed by atoms with E-state index in [1.807, 2.05) is 7.05 Å². The van der Waals surface area contributed by atoms with Crippen LogP contribution in [0.5, 0.6) is 5.75 Å². The fraction of sp³-hybridized carbons (Fsp3) is 0.474. The van der Waals surface area contributed by atoms with Gasteiger partial charge in [-0.2, -0.15) is 0 Å². The number of ether oxygens (including phenoxy) is 1. The standard InChI is InChI=1S/C19H24N2O3/c1-21-16-5-3-4-11-19(16,12-10-17(21)22)13-20-18(23)14-6-8-15(24-2)9-7-14/h5-9H,3-4,10-13H2,1-2H3,(H,20,23). The van der Waals surface area contributed by atoms with Crippen LogP contribution in [0, 0.1) is 5.41 Å². The van der Waals surface area contributed by atoms with E-state index in [0.717, 1.165) is 37.1 Å². The minimum atomic E-state index is -0.108. The van der Waals surface area contributed by atoms with E-state index in [-0.39, 0.29) is 17.2 Å². The summed E-state index contributed by atoms with van der Waals surface area (Å²) in [5.41, 5.74) is 1.59. The summed E-state index contributed by atoms with van der Waals surface area (Å²) < 4.78 is 5.12. The van der Waals surface area contributed by atoms with Crippen molar-refractivity contribution in [2.24, 2.45) is 5.41 Å². The molecule has 1 aliphatic carbocycles. The predicted octanol–water partition coefficient (Wildman–Crippen LogP) is 2.73. The third-order valence-corrected chi connectivity index (χ3v) is 5.23. The molecule has 1 atom stereocenters. The number of carbonyl (C=O) groups excluding carboxylic acids is 2. The Balaban J connectivity index is 1.72. The Morgan fingerprint density at radius 2 is 2.04 bits per heavy atom. The van der Waals surface area contributed by atoms with Gasteiger partial charge in [-0.05, 0) is 49.9 Å². The number of benzene rings is 1. The Hall–Kier alpha value is -2.30. The second-order valence-corrected chi connectivity index (χ2v) is 6.63. The van der Waals surface area contributed by atoms with Gasteiger partial charge in [0.15, 0.2) is 0 Å². The van der Waals surface area contributed by atoms with Crippen LogP contribution in [-0.4, -0.2) is 37.4 Å². The number of hydrogen-bond donors (Lipinski definition) is 1. The van der Waals surface area contributed by atoms with Gasteiger partial charge >= 0.3 is 0 Å². The number of hydrogen-bond acceptors (Lipinski definition) is 3. The maximum atomic E-state index is 12.5. The topological polar surface area (TPSA) is 58.6 Å². The molecular formula is C19H24N2O3. The molecule has 2 aliphatic rings. The minimum absolute atomic E-state index is 0.0866. The molecule has 1 saturated heterocycles. The van der Waals surface area contributed by atoms with Crippen LogP contribution in [0.1, 0.15) is 42.5 Å². The second-order valence-electron chi connectivity index (χ2n) is 6.63. The van der Waals surface area contributed by atoms with Crippen molar-refractivity contribution >= 4 is 11.8 Å². The molecule has 5 nitrogen and oxygen atoms in total. The number of fused-ring (bicyclic) bond motifs is 1. The van der Waals surface area contributed by atoms with E-state index in [4.69, 9.17) is 4.74 Å². The van der Waals surface area contributed by atoms with Gasteiger partial charge in [-0.15, -0.1) is 0 Å². The molecule has 0 spiro atoms. The van der Waals surface area contributed by atoms with Gasteiger partial charge in [0.25, 0.3) is 5.91 Å². The van der Waals surface area contributed by atoms with Gasteiger partial charge in [-0.3, -0.25) is 9.59 Å². The van der Waals surface area contributed by atoms with Crippen molar-refractivity contribution in [3.63, 3.8) is 0 Å². The lowest BCUT2D eigenvalue weighted by Crippen LogP contribution is -2.49. The predicted molar refractivity (Wildman–Crippen MR) is 91.7 cm³/mol. The third-order valence-electron chi connectivity index (χ3n) is 5.23.